The zero-order chi connectivity index (χ0) is 39.9. The molecule has 3 unspecified atom stereocenters. The number of nitrogens with one attached hydrogen (secondary N) is 2. The van der Waals surface area contributed by atoms with Gasteiger partial charge in [-0.1, -0.05) is 13.0 Å². The van der Waals surface area contributed by atoms with Gasteiger partial charge in [0.05, 0.1) is 35.0 Å². The number of nitrogens with two attached hydrogens (primary N) is 1. The van der Waals surface area contributed by atoms with E-state index in [2.05, 4.69) is 60.7 Å². The normalized spacial score (nSPS) is 20.2. The monoisotopic (exact) mass is 781 g/mol. The summed E-state index contributed by atoms with van der Waals surface area (Å²) in [6, 6.07) is 10.3. The molecular formula is C38H49F2N9O5S. The van der Waals surface area contributed by atoms with Crippen LogP contribution in [0.15, 0.2) is 63.4 Å². The largest absolute Gasteiger partial charge is 0.432 e. The zero-order valence-corrected chi connectivity index (χ0v) is 32.0. The van der Waals surface area contributed by atoms with Crippen LogP contribution in [0.3, 0.4) is 0 Å². The molecule has 0 radical (unpaired) electrons. The van der Waals surface area contributed by atoms with Gasteiger partial charge in [-0.15, -0.1) is 0 Å². The summed E-state index contributed by atoms with van der Waals surface area (Å²) in [6.07, 6.45) is 8.18. The number of hydrogen-bond donors (Lipinski definition) is 3. The SMILES string of the molecule is C=N/C=C(\C=NC1CCN(S(=O)c2ccc(C#N)c(CC(C)CN3CCC(c4ccc(C(=O)NC5CCC(=O)NC5=O)nc4)CC3)c2)CC1)OC(F)F.CN. The number of allylic oxidation sites excluding steroid dienone is 1. The van der Waals surface area contributed by atoms with Gasteiger partial charge in [-0.05, 0) is 113 Å². The number of piperidine rings is 3. The van der Waals surface area contributed by atoms with Gasteiger partial charge < -0.3 is 20.7 Å². The second-order valence-corrected chi connectivity index (χ2v) is 15.0. The number of carbonyl (C=O) groups excluding carboxylic acids is 3. The highest BCUT2D eigenvalue weighted by atomic mass is 32.2. The summed E-state index contributed by atoms with van der Waals surface area (Å²) in [7, 11) is 0.0675. The number of aliphatic imine (C=N–C) groups is 2. The fourth-order valence-electron chi connectivity index (χ4n) is 6.90. The Morgan fingerprint density at radius 1 is 1.16 bits per heavy atom. The number of hydrogen-bond acceptors (Lipinski definition) is 11. The third-order valence-corrected chi connectivity index (χ3v) is 11.2. The van der Waals surface area contributed by atoms with E-state index in [1.165, 1.54) is 13.3 Å². The topological polar surface area (TPSA) is 195 Å². The minimum Gasteiger partial charge on any atom is -0.432 e. The van der Waals surface area contributed by atoms with Crippen molar-refractivity contribution in [1.29, 1.82) is 5.26 Å². The Kier molecular flexibility index (Phi) is 16.7. The molecule has 3 amide bonds. The Morgan fingerprint density at radius 2 is 1.89 bits per heavy atom. The number of pyridine rings is 1. The smallest absolute Gasteiger partial charge is 0.387 e. The lowest BCUT2D eigenvalue weighted by molar-refractivity contribution is -0.134. The summed E-state index contributed by atoms with van der Waals surface area (Å²) in [5.41, 5.74) is 7.20. The number of aromatic nitrogens is 1. The molecule has 14 nitrogen and oxygen atoms in total. The molecule has 0 bridgehead atoms. The molecule has 0 saturated carbocycles. The molecule has 0 aliphatic carbocycles. The fourth-order valence-corrected chi connectivity index (χ4v) is 8.17. The Morgan fingerprint density at radius 3 is 2.51 bits per heavy atom. The highest BCUT2D eigenvalue weighted by Crippen LogP contribution is 2.29. The van der Waals surface area contributed by atoms with Crippen LogP contribution in [0.5, 0.6) is 0 Å². The number of ether oxygens (including phenoxy) is 1. The van der Waals surface area contributed by atoms with E-state index in [1.54, 1.807) is 24.4 Å². The molecule has 3 aliphatic heterocycles. The molecule has 3 fully saturated rings. The quantitative estimate of drug-likeness (QED) is 0.146. The summed E-state index contributed by atoms with van der Waals surface area (Å²) in [6.45, 7) is 6.06. The lowest BCUT2D eigenvalue weighted by Crippen LogP contribution is -2.52. The number of rotatable bonds is 14. The van der Waals surface area contributed by atoms with Crippen molar-refractivity contribution < 1.29 is 32.1 Å². The second-order valence-electron chi connectivity index (χ2n) is 13.5. The maximum atomic E-state index is 13.6. The molecule has 3 aliphatic rings. The number of nitriles is 1. The minimum atomic E-state index is -2.99. The molecule has 4 heterocycles. The highest BCUT2D eigenvalue weighted by molar-refractivity contribution is 7.82. The lowest BCUT2D eigenvalue weighted by atomic mass is 9.89. The van der Waals surface area contributed by atoms with Crippen molar-refractivity contribution >= 4 is 41.6 Å². The zero-order valence-electron chi connectivity index (χ0n) is 31.2. The van der Waals surface area contributed by atoms with Gasteiger partial charge in [0.1, 0.15) is 22.7 Å². The first kappa shape index (κ1) is 43.0. The predicted octanol–water partition coefficient (Wildman–Crippen LogP) is 3.46. The van der Waals surface area contributed by atoms with Gasteiger partial charge in [-0.25, -0.2) is 8.51 Å². The van der Waals surface area contributed by atoms with Gasteiger partial charge in [0.25, 0.3) is 5.91 Å². The first-order chi connectivity index (χ1) is 26.5. The first-order valence-corrected chi connectivity index (χ1v) is 19.4. The predicted molar refractivity (Wildman–Crippen MR) is 205 cm³/mol. The number of halogens is 2. The van der Waals surface area contributed by atoms with E-state index in [-0.39, 0.29) is 42.2 Å². The molecule has 3 saturated heterocycles. The molecule has 4 N–H and O–H groups in total. The van der Waals surface area contributed by atoms with Crippen LogP contribution in [0, 0.1) is 17.2 Å². The van der Waals surface area contributed by atoms with Gasteiger partial charge >= 0.3 is 6.61 Å². The van der Waals surface area contributed by atoms with Crippen LogP contribution >= 0.6 is 0 Å². The molecular weight excluding hydrogens is 733 g/mol. The minimum absolute atomic E-state index is 0.135. The fraction of sp³-hybridized carbons (Fsp3) is 0.500. The summed E-state index contributed by atoms with van der Waals surface area (Å²) in [5.74, 6) is -0.931. The lowest BCUT2D eigenvalue weighted by Gasteiger charge is -2.34. The van der Waals surface area contributed by atoms with Crippen molar-refractivity contribution in [3.05, 3.63) is 70.9 Å². The molecule has 55 heavy (non-hydrogen) atoms. The van der Waals surface area contributed by atoms with Crippen LogP contribution in [0.25, 0.3) is 0 Å². The van der Waals surface area contributed by atoms with Gasteiger partial charge in [0.2, 0.25) is 11.8 Å². The number of alkyl halides is 2. The van der Waals surface area contributed by atoms with E-state index >= 15 is 0 Å². The molecule has 0 spiro atoms. The number of amides is 3. The van der Waals surface area contributed by atoms with Gasteiger partial charge in [0, 0.05) is 32.3 Å². The van der Waals surface area contributed by atoms with Crippen molar-refractivity contribution in [2.75, 3.05) is 39.8 Å². The first-order valence-electron chi connectivity index (χ1n) is 18.3. The molecule has 296 valence electrons. The van der Waals surface area contributed by atoms with Crippen molar-refractivity contribution in [3.8, 4) is 6.07 Å². The number of likely N-dealkylation sites (tertiary alicyclic amines) is 1. The van der Waals surface area contributed by atoms with E-state index in [4.69, 9.17) is 0 Å². The van der Waals surface area contributed by atoms with Crippen LogP contribution in [0.2, 0.25) is 0 Å². The molecule has 5 rings (SSSR count). The van der Waals surface area contributed by atoms with Crippen molar-refractivity contribution in [1.82, 2.24) is 24.8 Å². The van der Waals surface area contributed by atoms with Crippen LogP contribution in [-0.4, -0.2) is 108 Å². The molecule has 1 aromatic carbocycles. The van der Waals surface area contributed by atoms with Crippen LogP contribution in [0.4, 0.5) is 8.78 Å². The highest BCUT2D eigenvalue weighted by Gasteiger charge is 2.29. The van der Waals surface area contributed by atoms with Crippen LogP contribution < -0.4 is 16.4 Å². The summed E-state index contributed by atoms with van der Waals surface area (Å²) in [5, 5.41) is 14.7. The molecule has 17 heteroatoms. The second kappa shape index (κ2) is 21.4. The number of carbonyl (C=O) groups is 3. The van der Waals surface area contributed by atoms with Crippen molar-refractivity contribution in [2.45, 2.75) is 81.4 Å². The maximum absolute atomic E-state index is 13.6. The summed E-state index contributed by atoms with van der Waals surface area (Å²) >= 11 is 0. The van der Waals surface area contributed by atoms with E-state index in [1.807, 2.05) is 16.4 Å². The Bertz CT molecular complexity index is 1770. The van der Waals surface area contributed by atoms with E-state index in [0.717, 1.165) is 49.8 Å². The summed E-state index contributed by atoms with van der Waals surface area (Å²) in [4.78, 5) is 51.2. The van der Waals surface area contributed by atoms with Crippen molar-refractivity contribution in [3.63, 3.8) is 0 Å². The van der Waals surface area contributed by atoms with Gasteiger partial charge in [0.15, 0.2) is 5.76 Å². The van der Waals surface area contributed by atoms with E-state index in [9.17, 15) is 32.6 Å². The number of benzene rings is 1. The van der Waals surface area contributed by atoms with Gasteiger partial charge in [-0.2, -0.15) is 14.0 Å². The summed E-state index contributed by atoms with van der Waals surface area (Å²) < 4.78 is 45.0. The van der Waals surface area contributed by atoms with Crippen LogP contribution in [0.1, 0.15) is 78.5 Å². The average molecular weight is 782 g/mol. The molecule has 3 atom stereocenters. The Balaban J connectivity index is 0.00000331. The molecule has 2 aromatic rings. The van der Waals surface area contributed by atoms with Crippen molar-refractivity contribution in [2.24, 2.45) is 21.6 Å². The van der Waals surface area contributed by atoms with E-state index < -0.39 is 35.5 Å². The maximum Gasteiger partial charge on any atom is 0.387 e. The van der Waals surface area contributed by atoms with Gasteiger partial charge in [-0.3, -0.25) is 34.7 Å². The van der Waals surface area contributed by atoms with E-state index in [0.29, 0.717) is 48.7 Å². The Hall–Kier alpha value is -4.76. The number of imide groups is 1. The standard InChI is InChI=1S/C37H44F2N8O5S.CH5N/c1-24(23-46-13-9-25(10-14-46)27-4-6-32(43-20-27)35(49)44-33-7-8-34(48)45-36(33)50)17-28-18-31(5-3-26(28)19-40)53(51)47-15-11-29(12-16-47)42-22-30(21-41-2)52-37(38)39;1-2/h3-6,18,20-22,24-25,29,33,37H,2,7-17,23H2,1H3,(H,44,49)(H,45,48,50);2H2,1H3/b30-21+,42-22?;. The average Bonchev–Trinajstić information content (AvgIpc) is 3.19. The Labute approximate surface area is 322 Å². The van der Waals surface area contributed by atoms with Crippen LogP contribution in [-0.2, 0) is 31.7 Å². The third-order valence-electron chi connectivity index (χ3n) is 9.67. The molecule has 1 aromatic heterocycles. The third kappa shape index (κ3) is 12.6. The number of nitrogens with zero attached hydrogens (tertiary/aromatic N) is 6.